The number of hydrogen-bond acceptors (Lipinski definition) is 4. The van der Waals surface area contributed by atoms with Crippen molar-refractivity contribution in [1.29, 1.82) is 0 Å². The maximum atomic E-state index is 11.0. The molecule has 0 bridgehead atoms. The number of Topliss-reactive ketones (excluding diaryl/α,β-unsaturated/α-hetero) is 1. The van der Waals surface area contributed by atoms with Crippen LogP contribution < -0.4 is 0 Å². The maximum absolute atomic E-state index is 11.0. The summed E-state index contributed by atoms with van der Waals surface area (Å²) in [5, 5.41) is 0. The van der Waals surface area contributed by atoms with E-state index in [2.05, 4.69) is 10.8 Å². The Balaban J connectivity index is 0.000000206. The van der Waals surface area contributed by atoms with Gasteiger partial charge in [0.15, 0.2) is 0 Å². The van der Waals surface area contributed by atoms with Crippen LogP contribution in [-0.4, -0.2) is 17.7 Å². The lowest BCUT2D eigenvalue weighted by Gasteiger charge is -2.13. The number of carbonyl (C=O) groups is 3. The van der Waals surface area contributed by atoms with Crippen LogP contribution >= 0.6 is 0 Å². The van der Waals surface area contributed by atoms with E-state index in [1.54, 1.807) is 13.8 Å². The molecule has 0 aliphatic heterocycles. The molecule has 1 aromatic rings. The van der Waals surface area contributed by atoms with Crippen LogP contribution in [0.5, 0.6) is 0 Å². The Bertz CT molecular complexity index is 477. The van der Waals surface area contributed by atoms with Gasteiger partial charge in [-0.05, 0) is 17.5 Å². The molecule has 0 spiro atoms. The topological polar surface area (TPSA) is 60.4 Å². The van der Waals surface area contributed by atoms with Crippen LogP contribution in [0.4, 0.5) is 0 Å². The first-order valence-electron chi connectivity index (χ1n) is 6.88. The van der Waals surface area contributed by atoms with Gasteiger partial charge in [-0.1, -0.05) is 38.1 Å². The summed E-state index contributed by atoms with van der Waals surface area (Å²) in [4.78, 5) is 31.7. The second kappa shape index (κ2) is 8.25. The molecule has 0 amide bonds. The van der Waals surface area contributed by atoms with E-state index in [1.807, 2.05) is 18.2 Å². The Morgan fingerprint density at radius 1 is 1.00 bits per heavy atom. The molecule has 0 heterocycles. The molecule has 1 aromatic carbocycles. The predicted molar refractivity (Wildman–Crippen MR) is 75.2 cm³/mol. The molecule has 0 aromatic heterocycles. The van der Waals surface area contributed by atoms with Gasteiger partial charge in [-0.2, -0.15) is 0 Å². The summed E-state index contributed by atoms with van der Waals surface area (Å²) in [6.45, 7) is 3.29. The predicted octanol–water partition coefficient (Wildman–Crippen LogP) is 2.62. The molecule has 0 saturated heterocycles. The lowest BCUT2D eigenvalue weighted by molar-refractivity contribution is -0.159. The number of ketones is 1. The van der Waals surface area contributed by atoms with Gasteiger partial charge in [-0.15, -0.1) is 0 Å². The largest absolute Gasteiger partial charge is 0.393 e. The van der Waals surface area contributed by atoms with Gasteiger partial charge in [0.25, 0.3) is 0 Å². The van der Waals surface area contributed by atoms with E-state index in [4.69, 9.17) is 0 Å². The van der Waals surface area contributed by atoms with E-state index in [0.717, 1.165) is 12.8 Å². The molecule has 0 atom stereocenters. The summed E-state index contributed by atoms with van der Waals surface area (Å²) < 4.78 is 4.27. The third-order valence-corrected chi connectivity index (χ3v) is 2.98. The zero-order valence-electron chi connectivity index (χ0n) is 12.0. The van der Waals surface area contributed by atoms with Crippen molar-refractivity contribution >= 4 is 17.7 Å². The summed E-state index contributed by atoms with van der Waals surface area (Å²) in [5.74, 6) is -0.535. The normalized spacial score (nSPS) is 12.8. The van der Waals surface area contributed by atoms with E-state index in [-0.39, 0.29) is 12.8 Å². The second-order valence-corrected chi connectivity index (χ2v) is 4.54. The van der Waals surface area contributed by atoms with Gasteiger partial charge in [0.1, 0.15) is 5.78 Å². The van der Waals surface area contributed by atoms with Crippen LogP contribution in [0.3, 0.4) is 0 Å². The van der Waals surface area contributed by atoms with E-state index >= 15 is 0 Å². The number of ether oxygens (including phenoxy) is 1. The minimum Gasteiger partial charge on any atom is -0.393 e. The van der Waals surface area contributed by atoms with Gasteiger partial charge in [0.05, 0.1) is 0 Å². The molecule has 4 nitrogen and oxygen atoms in total. The number of aryl methyl sites for hydroxylation is 1. The molecule has 0 radical (unpaired) electrons. The summed E-state index contributed by atoms with van der Waals surface area (Å²) in [7, 11) is 0. The summed E-state index contributed by atoms with van der Waals surface area (Å²) in [6.07, 6.45) is 2.83. The van der Waals surface area contributed by atoms with Crippen molar-refractivity contribution in [3.05, 3.63) is 35.4 Å². The van der Waals surface area contributed by atoms with E-state index in [9.17, 15) is 14.4 Å². The monoisotopic (exact) mass is 276 g/mol. The molecule has 0 saturated carbocycles. The van der Waals surface area contributed by atoms with Gasteiger partial charge >= 0.3 is 11.9 Å². The first-order chi connectivity index (χ1) is 9.56. The van der Waals surface area contributed by atoms with Crippen LogP contribution in [0.15, 0.2) is 24.3 Å². The molecule has 0 fully saturated rings. The smallest absolute Gasteiger partial charge is 0.313 e. The van der Waals surface area contributed by atoms with Crippen LogP contribution in [0.1, 0.15) is 44.2 Å². The van der Waals surface area contributed by atoms with Crippen molar-refractivity contribution in [3.63, 3.8) is 0 Å². The fraction of sp³-hybridized carbons (Fsp3) is 0.438. The molecule has 0 N–H and O–H groups in total. The van der Waals surface area contributed by atoms with E-state index in [1.165, 1.54) is 11.1 Å². The molecule has 0 unspecified atom stereocenters. The Morgan fingerprint density at radius 2 is 1.55 bits per heavy atom. The number of fused-ring (bicyclic) bond motifs is 1. The zero-order valence-corrected chi connectivity index (χ0v) is 12.0. The fourth-order valence-corrected chi connectivity index (χ4v) is 1.82. The van der Waals surface area contributed by atoms with Crippen molar-refractivity contribution < 1.29 is 19.1 Å². The molecule has 1 aliphatic carbocycles. The Labute approximate surface area is 119 Å². The molecule has 1 aliphatic rings. The van der Waals surface area contributed by atoms with Crippen molar-refractivity contribution in [2.24, 2.45) is 0 Å². The standard InChI is InChI=1S/C10H10O.C6H10O3/c11-10-6-5-8-3-1-2-4-9(8)7-10;1-3-5(7)9-6(8)4-2/h1-4H,5-7H2;3-4H2,1-2H3. The first kappa shape index (κ1) is 16.1. The quantitative estimate of drug-likeness (QED) is 0.615. The lowest BCUT2D eigenvalue weighted by atomic mass is 9.91. The number of hydrogen-bond donors (Lipinski definition) is 0. The van der Waals surface area contributed by atoms with Gasteiger partial charge in [0, 0.05) is 25.7 Å². The van der Waals surface area contributed by atoms with E-state index in [0.29, 0.717) is 12.2 Å². The highest BCUT2D eigenvalue weighted by molar-refractivity contribution is 5.85. The van der Waals surface area contributed by atoms with Crippen LogP contribution in [0, 0.1) is 0 Å². The van der Waals surface area contributed by atoms with Crippen molar-refractivity contribution in [3.8, 4) is 0 Å². The van der Waals surface area contributed by atoms with Crippen LogP contribution in [-0.2, 0) is 32.0 Å². The number of rotatable bonds is 2. The number of benzene rings is 1. The van der Waals surface area contributed by atoms with Gasteiger partial charge in [0.2, 0.25) is 0 Å². The maximum Gasteiger partial charge on any atom is 0.313 e. The summed E-state index contributed by atoms with van der Waals surface area (Å²) in [5.41, 5.74) is 2.58. The molecule has 20 heavy (non-hydrogen) atoms. The molecule has 4 heteroatoms. The van der Waals surface area contributed by atoms with Crippen molar-refractivity contribution in [2.45, 2.75) is 46.0 Å². The average Bonchev–Trinajstić information content (AvgIpc) is 2.47. The van der Waals surface area contributed by atoms with E-state index < -0.39 is 11.9 Å². The Hall–Kier alpha value is -1.97. The van der Waals surface area contributed by atoms with Crippen LogP contribution in [0.25, 0.3) is 0 Å². The van der Waals surface area contributed by atoms with Crippen molar-refractivity contribution in [2.75, 3.05) is 0 Å². The zero-order chi connectivity index (χ0) is 15.0. The van der Waals surface area contributed by atoms with Crippen molar-refractivity contribution in [1.82, 2.24) is 0 Å². The highest BCUT2D eigenvalue weighted by atomic mass is 16.6. The number of esters is 2. The Morgan fingerprint density at radius 3 is 2.10 bits per heavy atom. The number of carbonyl (C=O) groups excluding carboxylic acids is 3. The Kier molecular flexibility index (Phi) is 6.64. The molecular weight excluding hydrogens is 256 g/mol. The first-order valence-corrected chi connectivity index (χ1v) is 6.88. The highest BCUT2D eigenvalue weighted by Crippen LogP contribution is 2.17. The fourth-order valence-electron chi connectivity index (χ4n) is 1.82. The minimum atomic E-state index is -0.457. The molecule has 2 rings (SSSR count). The third-order valence-electron chi connectivity index (χ3n) is 2.98. The summed E-state index contributed by atoms with van der Waals surface area (Å²) >= 11 is 0. The average molecular weight is 276 g/mol. The minimum absolute atomic E-state index is 0.256. The van der Waals surface area contributed by atoms with Gasteiger partial charge < -0.3 is 4.74 Å². The summed E-state index contributed by atoms with van der Waals surface area (Å²) in [6, 6.07) is 8.19. The molecular formula is C16H20O4. The highest BCUT2D eigenvalue weighted by Gasteiger charge is 2.13. The second-order valence-electron chi connectivity index (χ2n) is 4.54. The molecule has 108 valence electrons. The lowest BCUT2D eigenvalue weighted by Crippen LogP contribution is -2.12. The van der Waals surface area contributed by atoms with Gasteiger partial charge in [-0.3, -0.25) is 14.4 Å². The van der Waals surface area contributed by atoms with Crippen LogP contribution in [0.2, 0.25) is 0 Å². The third kappa shape index (κ3) is 5.34. The van der Waals surface area contributed by atoms with Gasteiger partial charge in [-0.25, -0.2) is 0 Å². The SMILES string of the molecule is CCC(=O)OC(=O)CC.O=C1CCc2ccccc2C1.